The molecule has 4 nitrogen and oxygen atoms in total. The summed E-state index contributed by atoms with van der Waals surface area (Å²) in [5.41, 5.74) is 0.630. The Morgan fingerprint density at radius 3 is 2.68 bits per heavy atom. The molecular formula is C15H17NO3. The Kier molecular flexibility index (Phi) is 5.62. The fraction of sp³-hybridized carbons (Fsp3) is 0.333. The number of carboxylic acid groups (broad SMARTS) is 1. The van der Waals surface area contributed by atoms with Crippen LogP contribution in [0.1, 0.15) is 35.7 Å². The van der Waals surface area contributed by atoms with Crippen LogP contribution >= 0.6 is 0 Å². The number of carbonyl (C=O) groups is 2. The number of aromatic carboxylic acids is 1. The fourth-order valence-corrected chi connectivity index (χ4v) is 1.79. The molecule has 4 heteroatoms. The average molecular weight is 259 g/mol. The third kappa shape index (κ3) is 4.47. The Labute approximate surface area is 112 Å². The summed E-state index contributed by atoms with van der Waals surface area (Å²) in [5, 5.41) is 11.7. The van der Waals surface area contributed by atoms with Crippen molar-refractivity contribution in [2.24, 2.45) is 0 Å². The Morgan fingerprint density at radius 1 is 1.42 bits per heavy atom. The highest BCUT2D eigenvalue weighted by atomic mass is 16.4. The number of amides is 1. The van der Waals surface area contributed by atoms with Crippen molar-refractivity contribution in [2.75, 3.05) is 0 Å². The van der Waals surface area contributed by atoms with Crippen LogP contribution in [0, 0.1) is 12.3 Å². The highest BCUT2D eigenvalue weighted by Crippen LogP contribution is 2.09. The molecule has 1 rings (SSSR count). The van der Waals surface area contributed by atoms with Crippen LogP contribution < -0.4 is 5.32 Å². The van der Waals surface area contributed by atoms with Crippen molar-refractivity contribution in [2.45, 2.75) is 32.2 Å². The molecule has 0 fully saturated rings. The normalized spacial score (nSPS) is 11.4. The summed E-state index contributed by atoms with van der Waals surface area (Å²) < 4.78 is 0. The Morgan fingerprint density at radius 2 is 2.11 bits per heavy atom. The molecule has 0 saturated carbocycles. The number of carbonyl (C=O) groups excluding carboxylic acids is 1. The topological polar surface area (TPSA) is 66.4 Å². The third-order valence-corrected chi connectivity index (χ3v) is 2.71. The van der Waals surface area contributed by atoms with E-state index in [4.69, 9.17) is 11.5 Å². The van der Waals surface area contributed by atoms with Crippen LogP contribution in [-0.4, -0.2) is 23.0 Å². The number of rotatable bonds is 6. The van der Waals surface area contributed by atoms with Gasteiger partial charge < -0.3 is 10.4 Å². The molecule has 100 valence electrons. The van der Waals surface area contributed by atoms with Gasteiger partial charge in [0.15, 0.2) is 0 Å². The molecule has 0 aromatic heterocycles. The molecule has 0 spiro atoms. The molecule has 0 saturated heterocycles. The van der Waals surface area contributed by atoms with E-state index in [0.29, 0.717) is 12.0 Å². The molecule has 19 heavy (non-hydrogen) atoms. The van der Waals surface area contributed by atoms with Gasteiger partial charge in [-0.25, -0.2) is 4.79 Å². The van der Waals surface area contributed by atoms with Gasteiger partial charge in [0, 0.05) is 0 Å². The molecule has 1 aromatic carbocycles. The number of benzene rings is 1. The Balaban J connectivity index is 2.72. The van der Waals surface area contributed by atoms with E-state index in [0.717, 1.165) is 6.42 Å². The summed E-state index contributed by atoms with van der Waals surface area (Å²) in [6.45, 7) is 1.98. The summed E-state index contributed by atoms with van der Waals surface area (Å²) in [5.74, 6) is 1.21. The van der Waals surface area contributed by atoms with Crippen LogP contribution in [0.15, 0.2) is 24.3 Å². The van der Waals surface area contributed by atoms with Gasteiger partial charge in [0.2, 0.25) is 5.91 Å². The van der Waals surface area contributed by atoms with Gasteiger partial charge in [0.25, 0.3) is 0 Å². The second-order valence-electron chi connectivity index (χ2n) is 4.21. The van der Waals surface area contributed by atoms with E-state index in [1.807, 2.05) is 6.92 Å². The van der Waals surface area contributed by atoms with E-state index in [-0.39, 0.29) is 23.9 Å². The first kappa shape index (κ1) is 14.8. The van der Waals surface area contributed by atoms with Crippen LogP contribution in [0.2, 0.25) is 0 Å². The van der Waals surface area contributed by atoms with E-state index in [1.54, 1.807) is 18.2 Å². The summed E-state index contributed by atoms with van der Waals surface area (Å²) in [6, 6.07) is 6.16. The maximum absolute atomic E-state index is 11.8. The van der Waals surface area contributed by atoms with Crippen LogP contribution in [0.5, 0.6) is 0 Å². The van der Waals surface area contributed by atoms with Crippen molar-refractivity contribution >= 4 is 11.9 Å². The van der Waals surface area contributed by atoms with Gasteiger partial charge in [-0.1, -0.05) is 37.5 Å². The summed E-state index contributed by atoms with van der Waals surface area (Å²) in [6.07, 6.45) is 6.93. The standard InChI is InChI=1S/C15H17NO3/c1-3-7-12(4-2)16-14(17)10-11-8-5-6-9-13(11)15(18)19/h2,5-6,8-9,12H,3,7,10H2,1H3,(H,16,17)(H,18,19). The van der Waals surface area contributed by atoms with Crippen molar-refractivity contribution in [3.63, 3.8) is 0 Å². The number of hydrogen-bond donors (Lipinski definition) is 2. The van der Waals surface area contributed by atoms with Gasteiger partial charge in [-0.2, -0.15) is 0 Å². The molecule has 0 heterocycles. The molecule has 0 aliphatic heterocycles. The lowest BCUT2D eigenvalue weighted by molar-refractivity contribution is -0.120. The van der Waals surface area contributed by atoms with E-state index in [2.05, 4.69) is 11.2 Å². The van der Waals surface area contributed by atoms with E-state index < -0.39 is 5.97 Å². The minimum absolute atomic E-state index is 0.0182. The summed E-state index contributed by atoms with van der Waals surface area (Å²) >= 11 is 0. The Bertz CT molecular complexity index is 502. The molecule has 0 radical (unpaired) electrons. The quantitative estimate of drug-likeness (QED) is 0.766. The van der Waals surface area contributed by atoms with Gasteiger partial charge in [-0.3, -0.25) is 4.79 Å². The minimum Gasteiger partial charge on any atom is -0.478 e. The number of hydrogen-bond acceptors (Lipinski definition) is 2. The van der Waals surface area contributed by atoms with Crippen LogP contribution in [-0.2, 0) is 11.2 Å². The second kappa shape index (κ2) is 7.22. The van der Waals surface area contributed by atoms with Crippen LogP contribution in [0.4, 0.5) is 0 Å². The lowest BCUT2D eigenvalue weighted by Gasteiger charge is -2.12. The average Bonchev–Trinajstić information content (AvgIpc) is 2.38. The monoisotopic (exact) mass is 259 g/mol. The molecule has 1 amide bonds. The van der Waals surface area contributed by atoms with Gasteiger partial charge in [0.05, 0.1) is 18.0 Å². The van der Waals surface area contributed by atoms with Crippen molar-refractivity contribution in [3.8, 4) is 12.3 Å². The molecular weight excluding hydrogens is 242 g/mol. The molecule has 1 atom stereocenters. The van der Waals surface area contributed by atoms with E-state index in [1.165, 1.54) is 6.07 Å². The third-order valence-electron chi connectivity index (χ3n) is 2.71. The van der Waals surface area contributed by atoms with Gasteiger partial charge in [-0.05, 0) is 18.1 Å². The first-order valence-electron chi connectivity index (χ1n) is 6.15. The lowest BCUT2D eigenvalue weighted by atomic mass is 10.0. The van der Waals surface area contributed by atoms with Gasteiger partial charge >= 0.3 is 5.97 Å². The van der Waals surface area contributed by atoms with Crippen LogP contribution in [0.25, 0.3) is 0 Å². The number of terminal acetylenes is 1. The van der Waals surface area contributed by atoms with E-state index >= 15 is 0 Å². The van der Waals surface area contributed by atoms with Gasteiger partial charge in [0.1, 0.15) is 0 Å². The van der Waals surface area contributed by atoms with E-state index in [9.17, 15) is 9.59 Å². The fourth-order valence-electron chi connectivity index (χ4n) is 1.79. The summed E-state index contributed by atoms with van der Waals surface area (Å²) in [4.78, 5) is 22.9. The predicted octanol–water partition coefficient (Wildman–Crippen LogP) is 1.85. The minimum atomic E-state index is -1.04. The van der Waals surface area contributed by atoms with Crippen molar-refractivity contribution in [3.05, 3.63) is 35.4 Å². The largest absolute Gasteiger partial charge is 0.478 e. The van der Waals surface area contributed by atoms with Gasteiger partial charge in [-0.15, -0.1) is 6.42 Å². The maximum Gasteiger partial charge on any atom is 0.335 e. The molecule has 0 bridgehead atoms. The maximum atomic E-state index is 11.8. The molecule has 1 unspecified atom stereocenters. The highest BCUT2D eigenvalue weighted by Gasteiger charge is 2.14. The highest BCUT2D eigenvalue weighted by molar-refractivity contribution is 5.91. The van der Waals surface area contributed by atoms with Crippen molar-refractivity contribution < 1.29 is 14.7 Å². The smallest absolute Gasteiger partial charge is 0.335 e. The first-order chi connectivity index (χ1) is 9.08. The van der Waals surface area contributed by atoms with Crippen molar-refractivity contribution in [1.82, 2.24) is 5.32 Å². The predicted molar refractivity (Wildman–Crippen MR) is 72.8 cm³/mol. The molecule has 0 aliphatic carbocycles. The van der Waals surface area contributed by atoms with Crippen molar-refractivity contribution in [1.29, 1.82) is 0 Å². The Hall–Kier alpha value is -2.28. The first-order valence-corrected chi connectivity index (χ1v) is 6.15. The number of nitrogens with one attached hydrogen (secondary N) is 1. The SMILES string of the molecule is C#CC(CCC)NC(=O)Cc1ccccc1C(=O)O. The van der Waals surface area contributed by atoms with Crippen LogP contribution in [0.3, 0.4) is 0 Å². The molecule has 1 aromatic rings. The second-order valence-corrected chi connectivity index (χ2v) is 4.21. The zero-order chi connectivity index (χ0) is 14.3. The summed E-state index contributed by atoms with van der Waals surface area (Å²) in [7, 11) is 0. The lowest BCUT2D eigenvalue weighted by Crippen LogP contribution is -2.35. The number of carboxylic acids is 1. The zero-order valence-electron chi connectivity index (χ0n) is 10.8. The molecule has 0 aliphatic rings. The zero-order valence-corrected chi connectivity index (χ0v) is 10.8. The molecule has 2 N–H and O–H groups in total.